The summed E-state index contributed by atoms with van der Waals surface area (Å²) < 4.78 is 0.972. The molecular weight excluding hydrogens is 333 g/mol. The minimum absolute atomic E-state index is 0.187. The van der Waals surface area contributed by atoms with Crippen LogP contribution < -0.4 is 0 Å². The maximum Gasteiger partial charge on any atom is 0.326 e. The van der Waals surface area contributed by atoms with Gasteiger partial charge in [-0.15, -0.1) is 0 Å². The van der Waals surface area contributed by atoms with Crippen molar-refractivity contribution in [2.45, 2.75) is 18.9 Å². The van der Waals surface area contributed by atoms with Crippen LogP contribution in [0, 0.1) is 3.57 Å². The Kier molecular flexibility index (Phi) is 3.66. The van der Waals surface area contributed by atoms with E-state index in [0.717, 1.165) is 9.99 Å². The molecule has 1 atom stereocenters. The van der Waals surface area contributed by atoms with Crippen molar-refractivity contribution >= 4 is 34.5 Å². The summed E-state index contributed by atoms with van der Waals surface area (Å²) in [5.74, 6) is -1.10. The molecule has 90 valence electrons. The molecule has 5 heteroatoms. The smallest absolute Gasteiger partial charge is 0.326 e. The second kappa shape index (κ2) is 5.03. The van der Waals surface area contributed by atoms with Crippen LogP contribution in [0.2, 0.25) is 0 Å². The summed E-state index contributed by atoms with van der Waals surface area (Å²) in [7, 11) is 0. The van der Waals surface area contributed by atoms with Crippen LogP contribution in [-0.2, 0) is 4.79 Å². The molecule has 1 N–H and O–H groups in total. The minimum atomic E-state index is -0.915. The quantitative estimate of drug-likeness (QED) is 0.834. The van der Waals surface area contributed by atoms with Crippen LogP contribution >= 0.6 is 22.6 Å². The first-order valence-electron chi connectivity index (χ1n) is 5.39. The van der Waals surface area contributed by atoms with E-state index in [1.54, 1.807) is 18.2 Å². The zero-order valence-electron chi connectivity index (χ0n) is 9.10. The summed E-state index contributed by atoms with van der Waals surface area (Å²) in [6, 6.07) is 6.54. The number of amides is 1. The van der Waals surface area contributed by atoms with E-state index >= 15 is 0 Å². The highest BCUT2D eigenvalue weighted by molar-refractivity contribution is 14.1. The average Bonchev–Trinajstić information content (AvgIpc) is 2.77. The number of carboxylic acid groups (broad SMARTS) is 1. The highest BCUT2D eigenvalue weighted by Crippen LogP contribution is 2.21. The largest absolute Gasteiger partial charge is 0.480 e. The Morgan fingerprint density at radius 2 is 2.18 bits per heavy atom. The van der Waals surface area contributed by atoms with Crippen LogP contribution in [0.3, 0.4) is 0 Å². The highest BCUT2D eigenvalue weighted by Gasteiger charge is 2.34. The third-order valence-electron chi connectivity index (χ3n) is 2.87. The fraction of sp³-hybridized carbons (Fsp3) is 0.333. The summed E-state index contributed by atoms with van der Waals surface area (Å²) in [5.41, 5.74) is 0.560. The van der Waals surface area contributed by atoms with Gasteiger partial charge in [0, 0.05) is 15.7 Å². The standard InChI is InChI=1S/C12H12INO3/c13-9-4-1-3-8(7-9)11(15)14-6-2-5-10(14)12(16)17/h1,3-4,7,10H,2,5-6H2,(H,16,17)/t10-/m0/s1. The predicted octanol–water partition coefficient (Wildman–Crippen LogP) is 1.98. The van der Waals surface area contributed by atoms with Gasteiger partial charge in [0.15, 0.2) is 0 Å². The number of carbonyl (C=O) groups is 2. The van der Waals surface area contributed by atoms with Crippen LogP contribution in [0.4, 0.5) is 0 Å². The third-order valence-corrected chi connectivity index (χ3v) is 3.54. The second-order valence-corrected chi connectivity index (χ2v) is 5.25. The van der Waals surface area contributed by atoms with E-state index in [0.29, 0.717) is 18.5 Å². The van der Waals surface area contributed by atoms with Crippen molar-refractivity contribution in [1.29, 1.82) is 0 Å². The van der Waals surface area contributed by atoms with Crippen LogP contribution in [-0.4, -0.2) is 34.5 Å². The zero-order valence-corrected chi connectivity index (χ0v) is 11.3. The van der Waals surface area contributed by atoms with Gasteiger partial charge in [-0.05, 0) is 53.6 Å². The number of halogens is 1. The van der Waals surface area contributed by atoms with Crippen LogP contribution in [0.15, 0.2) is 24.3 Å². The lowest BCUT2D eigenvalue weighted by Crippen LogP contribution is -2.40. The Bertz CT molecular complexity index is 461. The molecule has 0 aliphatic carbocycles. The third kappa shape index (κ3) is 2.59. The van der Waals surface area contributed by atoms with Crippen molar-refractivity contribution in [3.05, 3.63) is 33.4 Å². The van der Waals surface area contributed by atoms with Gasteiger partial charge < -0.3 is 10.0 Å². The van der Waals surface area contributed by atoms with E-state index in [2.05, 4.69) is 22.6 Å². The number of aliphatic carboxylic acids is 1. The summed E-state index contributed by atoms with van der Waals surface area (Å²) in [6.45, 7) is 0.529. The molecule has 1 heterocycles. The van der Waals surface area contributed by atoms with Gasteiger partial charge in [0.25, 0.3) is 5.91 Å². The van der Waals surface area contributed by atoms with Crippen LogP contribution in [0.5, 0.6) is 0 Å². The molecule has 1 aromatic carbocycles. The molecule has 4 nitrogen and oxygen atoms in total. The molecule has 0 bridgehead atoms. The SMILES string of the molecule is O=C(O)[C@@H]1CCCN1C(=O)c1cccc(I)c1. The van der Waals surface area contributed by atoms with Crippen LogP contribution in [0.1, 0.15) is 23.2 Å². The molecule has 1 saturated heterocycles. The van der Waals surface area contributed by atoms with Crippen molar-refractivity contribution in [2.24, 2.45) is 0 Å². The van der Waals surface area contributed by atoms with Gasteiger partial charge in [-0.2, -0.15) is 0 Å². The Morgan fingerprint density at radius 3 is 2.82 bits per heavy atom. The Morgan fingerprint density at radius 1 is 1.41 bits per heavy atom. The second-order valence-electron chi connectivity index (χ2n) is 4.01. The van der Waals surface area contributed by atoms with E-state index < -0.39 is 12.0 Å². The van der Waals surface area contributed by atoms with Crippen molar-refractivity contribution in [1.82, 2.24) is 4.90 Å². The number of hydrogen-bond donors (Lipinski definition) is 1. The molecule has 17 heavy (non-hydrogen) atoms. The normalized spacial score (nSPS) is 19.4. The molecule has 0 unspecified atom stereocenters. The van der Waals surface area contributed by atoms with E-state index in [-0.39, 0.29) is 5.91 Å². The fourth-order valence-electron chi connectivity index (χ4n) is 2.05. The molecule has 0 aromatic heterocycles. The number of likely N-dealkylation sites (tertiary alicyclic amines) is 1. The van der Waals surface area contributed by atoms with E-state index in [4.69, 9.17) is 5.11 Å². The zero-order chi connectivity index (χ0) is 12.4. The molecule has 0 spiro atoms. The average molecular weight is 345 g/mol. The van der Waals surface area contributed by atoms with Gasteiger partial charge in [0.2, 0.25) is 0 Å². The first-order valence-corrected chi connectivity index (χ1v) is 6.47. The number of benzene rings is 1. The van der Waals surface area contributed by atoms with E-state index in [1.165, 1.54) is 4.90 Å². The monoisotopic (exact) mass is 345 g/mol. The van der Waals surface area contributed by atoms with E-state index in [9.17, 15) is 9.59 Å². The lowest BCUT2D eigenvalue weighted by molar-refractivity contribution is -0.141. The Balaban J connectivity index is 2.23. The summed E-state index contributed by atoms with van der Waals surface area (Å²) in [5, 5.41) is 9.04. The summed E-state index contributed by atoms with van der Waals surface area (Å²) in [6.07, 6.45) is 1.30. The maximum absolute atomic E-state index is 12.2. The number of nitrogens with zero attached hydrogens (tertiary/aromatic N) is 1. The lowest BCUT2D eigenvalue weighted by atomic mass is 10.1. The van der Waals surface area contributed by atoms with Crippen molar-refractivity contribution in [2.75, 3.05) is 6.54 Å². The van der Waals surface area contributed by atoms with Gasteiger partial charge in [0.05, 0.1) is 0 Å². The summed E-state index contributed by atoms with van der Waals surface area (Å²) in [4.78, 5) is 24.6. The Hall–Kier alpha value is -1.11. The lowest BCUT2D eigenvalue weighted by Gasteiger charge is -2.21. The number of hydrogen-bond acceptors (Lipinski definition) is 2. The maximum atomic E-state index is 12.2. The molecule has 2 rings (SSSR count). The predicted molar refractivity (Wildman–Crippen MR) is 70.9 cm³/mol. The fourth-order valence-corrected chi connectivity index (χ4v) is 2.60. The van der Waals surface area contributed by atoms with Crippen molar-refractivity contribution in [3.63, 3.8) is 0 Å². The number of rotatable bonds is 2. The molecule has 0 radical (unpaired) electrons. The molecule has 0 saturated carbocycles. The molecule has 1 aromatic rings. The topological polar surface area (TPSA) is 57.6 Å². The van der Waals surface area contributed by atoms with Gasteiger partial charge in [0.1, 0.15) is 6.04 Å². The Labute approximate surface area is 113 Å². The molecule has 1 aliphatic rings. The highest BCUT2D eigenvalue weighted by atomic mass is 127. The van der Waals surface area contributed by atoms with E-state index in [1.807, 2.05) is 6.07 Å². The molecule has 1 aliphatic heterocycles. The van der Waals surface area contributed by atoms with Gasteiger partial charge in [-0.1, -0.05) is 6.07 Å². The van der Waals surface area contributed by atoms with Gasteiger partial charge in [-0.25, -0.2) is 4.79 Å². The molecular formula is C12H12INO3. The minimum Gasteiger partial charge on any atom is -0.480 e. The molecule has 1 amide bonds. The number of carboxylic acids is 1. The first kappa shape index (κ1) is 12.3. The van der Waals surface area contributed by atoms with Gasteiger partial charge in [-0.3, -0.25) is 4.79 Å². The van der Waals surface area contributed by atoms with Crippen molar-refractivity contribution in [3.8, 4) is 0 Å². The number of carbonyl (C=O) groups excluding carboxylic acids is 1. The molecule has 1 fully saturated rings. The van der Waals surface area contributed by atoms with Gasteiger partial charge >= 0.3 is 5.97 Å². The first-order chi connectivity index (χ1) is 8.09. The summed E-state index contributed by atoms with van der Waals surface area (Å²) >= 11 is 2.13. The van der Waals surface area contributed by atoms with Crippen molar-refractivity contribution < 1.29 is 14.7 Å². The van der Waals surface area contributed by atoms with Crippen LogP contribution in [0.25, 0.3) is 0 Å².